The molecule has 4 N–H and O–H groups in total. The van der Waals surface area contributed by atoms with Crippen LogP contribution in [-0.2, 0) is 15.7 Å². The summed E-state index contributed by atoms with van der Waals surface area (Å²) in [4.78, 5) is 0. The molecule has 0 spiro atoms. The second-order valence-electron chi connectivity index (χ2n) is 7.48. The quantitative estimate of drug-likeness (QED) is 0.505. The molecule has 2 aromatic carbocycles. The first-order chi connectivity index (χ1) is 13.1. The van der Waals surface area contributed by atoms with Gasteiger partial charge in [0.25, 0.3) is 0 Å². The summed E-state index contributed by atoms with van der Waals surface area (Å²) < 4.78 is 0. The first-order valence-electron chi connectivity index (χ1n) is 9.29. The molecule has 0 saturated carbocycles. The fourth-order valence-electron chi connectivity index (χ4n) is 4.09. The van der Waals surface area contributed by atoms with Gasteiger partial charge in [-0.1, -0.05) is 35.4 Å². The van der Waals surface area contributed by atoms with Crippen molar-refractivity contribution in [3.63, 3.8) is 0 Å². The van der Waals surface area contributed by atoms with Gasteiger partial charge in [-0.05, 0) is 74.9 Å². The molecule has 0 fully saturated rings. The third-order valence-electron chi connectivity index (χ3n) is 4.87. The van der Waals surface area contributed by atoms with Gasteiger partial charge in [0.2, 0.25) is 0 Å². The predicted molar refractivity (Wildman–Crippen MR) is 120 cm³/mol. The van der Waals surface area contributed by atoms with Crippen LogP contribution in [0.25, 0.3) is 5.32 Å². The Balaban J connectivity index is 0.00000122. The van der Waals surface area contributed by atoms with E-state index < -0.39 is 15.7 Å². The van der Waals surface area contributed by atoms with Crippen LogP contribution in [0.3, 0.4) is 0 Å². The van der Waals surface area contributed by atoms with Crippen LogP contribution >= 0.6 is 19.2 Å². The molecular formula is C22H32Cl2N3Tc-. The topological polar surface area (TPSA) is 66.1 Å². The van der Waals surface area contributed by atoms with Gasteiger partial charge in [-0.2, -0.15) is 0 Å². The van der Waals surface area contributed by atoms with Gasteiger partial charge in [-0.25, -0.2) is 0 Å². The van der Waals surface area contributed by atoms with Gasteiger partial charge in [0.15, 0.2) is 0 Å². The second kappa shape index (κ2) is 12.3. The molecule has 0 aliphatic carbocycles. The summed E-state index contributed by atoms with van der Waals surface area (Å²) in [6.45, 7) is 13.9. The normalized spacial score (nSPS) is 12.9. The van der Waals surface area contributed by atoms with Crippen LogP contribution in [0, 0.1) is 41.5 Å². The maximum absolute atomic E-state index is 6.42. The minimum absolute atomic E-state index is 0.0759. The fraction of sp³-hybridized carbons (Fsp3) is 0.455. The molecule has 0 aromatic heterocycles. The van der Waals surface area contributed by atoms with Crippen LogP contribution in [0.4, 0.5) is 0 Å². The Bertz CT molecular complexity index is 671. The SMILES string of the molecule is Cc1cc(C)c(C(N)C[N-]CC(N)c2c(C)cc(C)cc2C)c(C)c1.[Cl][Tc][Cl]. The van der Waals surface area contributed by atoms with Crippen molar-refractivity contribution in [2.45, 2.75) is 53.6 Å². The number of nitrogens with two attached hydrogens (primary N) is 2. The number of halogens is 2. The average Bonchev–Trinajstić information content (AvgIpc) is 2.53. The summed E-state index contributed by atoms with van der Waals surface area (Å²) in [6, 6.07) is 8.60. The van der Waals surface area contributed by atoms with Gasteiger partial charge in [0, 0.05) is 12.1 Å². The zero-order valence-corrected chi connectivity index (χ0v) is 21.0. The molecule has 2 unspecified atom stereocenters. The minimum atomic E-state index is -0.466. The van der Waals surface area contributed by atoms with Crippen molar-refractivity contribution in [3.8, 4) is 0 Å². The van der Waals surface area contributed by atoms with Crippen LogP contribution < -0.4 is 11.5 Å². The van der Waals surface area contributed by atoms with E-state index in [0.717, 1.165) is 0 Å². The Morgan fingerprint density at radius 1 is 0.714 bits per heavy atom. The maximum atomic E-state index is 6.42. The number of nitrogens with zero attached hydrogens (tertiary/aromatic N) is 1. The van der Waals surface area contributed by atoms with Crippen molar-refractivity contribution in [2.75, 3.05) is 13.1 Å². The van der Waals surface area contributed by atoms with Crippen LogP contribution in [0.2, 0.25) is 0 Å². The van der Waals surface area contributed by atoms with Crippen LogP contribution in [0.1, 0.15) is 56.6 Å². The van der Waals surface area contributed by atoms with E-state index in [-0.39, 0.29) is 12.1 Å². The van der Waals surface area contributed by atoms with Crippen molar-refractivity contribution in [3.05, 3.63) is 74.1 Å². The van der Waals surface area contributed by atoms with E-state index in [2.05, 4.69) is 71.1 Å². The van der Waals surface area contributed by atoms with Crippen molar-refractivity contribution < 1.29 is 15.7 Å². The molecule has 0 saturated heterocycles. The molecule has 0 bridgehead atoms. The Kier molecular flexibility index (Phi) is 11.2. The molecule has 2 atom stereocenters. The Labute approximate surface area is 186 Å². The van der Waals surface area contributed by atoms with E-state index in [1.807, 2.05) is 0 Å². The molecule has 0 radical (unpaired) electrons. The first kappa shape index (κ1) is 25.6. The van der Waals surface area contributed by atoms with Gasteiger partial charge in [0.05, 0.1) is 0 Å². The molecule has 2 rings (SSSR count). The van der Waals surface area contributed by atoms with Gasteiger partial charge in [0.1, 0.15) is 0 Å². The Morgan fingerprint density at radius 2 is 0.964 bits per heavy atom. The number of hydrogen-bond acceptors (Lipinski definition) is 2. The Hall–Kier alpha value is -0.451. The predicted octanol–water partition coefficient (Wildman–Crippen LogP) is 5.99. The molecule has 3 nitrogen and oxygen atoms in total. The second-order valence-corrected chi connectivity index (χ2v) is 10.3. The van der Waals surface area contributed by atoms with E-state index in [1.54, 1.807) is 0 Å². The fourth-order valence-corrected chi connectivity index (χ4v) is 4.09. The zero-order chi connectivity index (χ0) is 21.4. The Morgan fingerprint density at radius 3 is 1.21 bits per heavy atom. The van der Waals surface area contributed by atoms with Crippen molar-refractivity contribution in [1.29, 1.82) is 0 Å². The summed E-state index contributed by atoms with van der Waals surface area (Å²) in [6.07, 6.45) is 0. The molecule has 0 amide bonds. The summed E-state index contributed by atoms with van der Waals surface area (Å²) in [5, 5.41) is 4.68. The summed E-state index contributed by atoms with van der Waals surface area (Å²) in [5.74, 6) is 0. The number of aryl methyl sites for hydroxylation is 6. The van der Waals surface area contributed by atoms with Crippen molar-refractivity contribution in [1.82, 2.24) is 0 Å². The molecule has 0 aliphatic rings. The van der Waals surface area contributed by atoms with E-state index in [0.29, 0.717) is 13.1 Å². The van der Waals surface area contributed by atoms with Crippen LogP contribution in [0.15, 0.2) is 24.3 Å². The average molecular weight is 507 g/mol. The molecule has 2 aromatic rings. The monoisotopic (exact) mass is 505 g/mol. The standard InChI is InChI=1S/C22H32N3.2ClH.Tc/c1-13-7-15(3)21(16(4)8-13)19(23)11-25-12-20(24)22-17(5)9-14(2)10-18(22)6;;;/h7-10,19-20H,11-12,23-24H2,1-6H3;2*1H;/q-1;;;+2/p-2. The van der Waals surface area contributed by atoms with Gasteiger partial charge in [-0.3, -0.25) is 0 Å². The third-order valence-corrected chi connectivity index (χ3v) is 4.87. The molecule has 6 heteroatoms. The van der Waals surface area contributed by atoms with E-state index in [1.165, 1.54) is 44.5 Å². The molecule has 157 valence electrons. The number of rotatable bonds is 6. The van der Waals surface area contributed by atoms with E-state index in [9.17, 15) is 0 Å². The molecule has 0 aliphatic heterocycles. The number of hydrogen-bond donors (Lipinski definition) is 2. The summed E-state index contributed by atoms with van der Waals surface area (Å²) >= 11 is -0.466. The zero-order valence-electron chi connectivity index (χ0n) is 17.6. The molecular weight excluding hydrogens is 475 g/mol. The van der Waals surface area contributed by atoms with Crippen LogP contribution in [-0.4, -0.2) is 13.1 Å². The van der Waals surface area contributed by atoms with E-state index in [4.69, 9.17) is 30.6 Å². The summed E-state index contributed by atoms with van der Waals surface area (Å²) in [5.41, 5.74) is 22.8. The van der Waals surface area contributed by atoms with Crippen molar-refractivity contribution in [2.24, 2.45) is 11.5 Å². The molecule has 28 heavy (non-hydrogen) atoms. The summed E-state index contributed by atoms with van der Waals surface area (Å²) in [7, 11) is 9.75. The third kappa shape index (κ3) is 7.42. The van der Waals surface area contributed by atoms with E-state index >= 15 is 0 Å². The molecule has 0 heterocycles. The number of benzene rings is 2. The van der Waals surface area contributed by atoms with Gasteiger partial charge in [-0.15, -0.1) is 13.1 Å². The van der Waals surface area contributed by atoms with Gasteiger partial charge < -0.3 is 16.8 Å². The van der Waals surface area contributed by atoms with Crippen molar-refractivity contribution >= 4 is 19.2 Å². The van der Waals surface area contributed by atoms with Gasteiger partial charge >= 0.3 is 34.8 Å². The first-order valence-corrected chi connectivity index (χ1v) is 14.1. The van der Waals surface area contributed by atoms with Crippen LogP contribution in [0.5, 0.6) is 0 Å².